The van der Waals surface area contributed by atoms with Crippen molar-refractivity contribution in [1.82, 2.24) is 5.32 Å². The number of nitrogens with zero attached hydrogens (tertiary/aromatic N) is 2. The normalized spacial score (nSPS) is 13.0. The molecule has 4 nitrogen and oxygen atoms in total. The van der Waals surface area contributed by atoms with Gasteiger partial charge in [0.25, 0.3) is 0 Å². The lowest BCUT2D eigenvalue weighted by molar-refractivity contribution is 0.533. The molecule has 0 saturated carbocycles. The zero-order valence-corrected chi connectivity index (χ0v) is 16.3. The highest BCUT2D eigenvalue weighted by Crippen LogP contribution is 2.11. The molecule has 0 spiro atoms. The van der Waals surface area contributed by atoms with Crippen molar-refractivity contribution in [2.24, 2.45) is 16.6 Å². The van der Waals surface area contributed by atoms with Crippen LogP contribution in [0.15, 0.2) is 4.99 Å². The SMILES string of the molecule is CCCCCCCCCCCCCCN=C(N)NC(C#N)C(C)C. The molecular weight excluding hydrogens is 296 g/mol. The molecule has 0 bridgehead atoms. The molecule has 1 unspecified atom stereocenters. The van der Waals surface area contributed by atoms with Crippen molar-refractivity contribution >= 4 is 5.96 Å². The maximum atomic E-state index is 9.01. The number of nitrogens with two attached hydrogens (primary N) is 1. The molecule has 0 aromatic heterocycles. The van der Waals surface area contributed by atoms with Crippen molar-refractivity contribution in [2.75, 3.05) is 6.54 Å². The molecule has 24 heavy (non-hydrogen) atoms. The number of rotatable bonds is 15. The molecule has 1 atom stereocenters. The minimum absolute atomic E-state index is 0.232. The van der Waals surface area contributed by atoms with Crippen LogP contribution < -0.4 is 11.1 Å². The summed E-state index contributed by atoms with van der Waals surface area (Å²) in [5.41, 5.74) is 5.82. The Bertz CT molecular complexity index is 344. The predicted molar refractivity (Wildman–Crippen MR) is 105 cm³/mol. The molecule has 0 aliphatic carbocycles. The van der Waals surface area contributed by atoms with Crippen molar-refractivity contribution in [3.05, 3.63) is 0 Å². The Morgan fingerprint density at radius 2 is 1.38 bits per heavy atom. The fraction of sp³-hybridized carbons (Fsp3) is 0.900. The van der Waals surface area contributed by atoms with Gasteiger partial charge in [0.15, 0.2) is 5.96 Å². The lowest BCUT2D eigenvalue weighted by Crippen LogP contribution is -2.42. The summed E-state index contributed by atoms with van der Waals surface area (Å²) in [5.74, 6) is 0.633. The molecule has 4 heteroatoms. The fourth-order valence-electron chi connectivity index (χ4n) is 2.71. The number of aliphatic imine (C=N–C) groups is 1. The third kappa shape index (κ3) is 14.4. The quantitative estimate of drug-likeness (QED) is 0.247. The van der Waals surface area contributed by atoms with Crippen molar-refractivity contribution in [3.63, 3.8) is 0 Å². The van der Waals surface area contributed by atoms with E-state index in [1.807, 2.05) is 13.8 Å². The summed E-state index contributed by atoms with van der Waals surface area (Å²) in [6.45, 7) is 7.02. The van der Waals surface area contributed by atoms with E-state index < -0.39 is 0 Å². The van der Waals surface area contributed by atoms with E-state index in [4.69, 9.17) is 11.0 Å². The van der Waals surface area contributed by atoms with Gasteiger partial charge >= 0.3 is 0 Å². The van der Waals surface area contributed by atoms with Crippen LogP contribution in [0.25, 0.3) is 0 Å². The smallest absolute Gasteiger partial charge is 0.189 e. The maximum Gasteiger partial charge on any atom is 0.189 e. The highest BCUT2D eigenvalue weighted by atomic mass is 15.1. The molecule has 0 fully saturated rings. The largest absolute Gasteiger partial charge is 0.370 e. The van der Waals surface area contributed by atoms with E-state index in [2.05, 4.69) is 23.3 Å². The first kappa shape index (κ1) is 22.8. The maximum absolute atomic E-state index is 9.01. The van der Waals surface area contributed by atoms with Gasteiger partial charge in [0.05, 0.1) is 6.07 Å². The van der Waals surface area contributed by atoms with E-state index in [9.17, 15) is 0 Å². The van der Waals surface area contributed by atoms with Crippen LogP contribution in [-0.2, 0) is 0 Å². The molecule has 0 heterocycles. The summed E-state index contributed by atoms with van der Waals surface area (Å²) in [6, 6.07) is 1.96. The molecule has 140 valence electrons. The van der Waals surface area contributed by atoms with Gasteiger partial charge < -0.3 is 11.1 Å². The lowest BCUT2D eigenvalue weighted by atomic mass is 10.1. The van der Waals surface area contributed by atoms with Crippen molar-refractivity contribution in [3.8, 4) is 6.07 Å². The molecule has 0 aromatic carbocycles. The second-order valence-electron chi connectivity index (χ2n) is 7.15. The molecule has 0 saturated heterocycles. The average molecular weight is 337 g/mol. The Balaban J connectivity index is 3.41. The Labute approximate surface area is 150 Å². The van der Waals surface area contributed by atoms with Crippen LogP contribution in [0.5, 0.6) is 0 Å². The lowest BCUT2D eigenvalue weighted by Gasteiger charge is -2.15. The van der Waals surface area contributed by atoms with Crippen LogP contribution in [0.4, 0.5) is 0 Å². The van der Waals surface area contributed by atoms with Crippen LogP contribution in [0.1, 0.15) is 97.8 Å². The third-order valence-corrected chi connectivity index (χ3v) is 4.40. The Morgan fingerprint density at radius 1 is 0.917 bits per heavy atom. The van der Waals surface area contributed by atoms with Crippen LogP contribution in [0.2, 0.25) is 0 Å². The third-order valence-electron chi connectivity index (χ3n) is 4.40. The van der Waals surface area contributed by atoms with Gasteiger partial charge in [0, 0.05) is 6.54 Å². The highest BCUT2D eigenvalue weighted by Gasteiger charge is 2.11. The standard InChI is InChI=1S/C20H40N4/c1-4-5-6-7-8-9-10-11-12-13-14-15-16-23-20(22)24-19(17-21)18(2)3/h18-19H,4-16H2,1-3H3,(H3,22,23,24). The number of hydrogen-bond acceptors (Lipinski definition) is 2. The molecule has 0 amide bonds. The first-order valence-electron chi connectivity index (χ1n) is 10.1. The topological polar surface area (TPSA) is 74.2 Å². The summed E-state index contributed by atoms with van der Waals surface area (Å²) in [5, 5.41) is 12.0. The highest BCUT2D eigenvalue weighted by molar-refractivity contribution is 5.78. The van der Waals surface area contributed by atoms with Gasteiger partial charge in [0.2, 0.25) is 0 Å². The Kier molecular flexibility index (Phi) is 15.8. The monoisotopic (exact) mass is 336 g/mol. The van der Waals surface area contributed by atoms with Crippen LogP contribution in [0, 0.1) is 17.2 Å². The first-order valence-corrected chi connectivity index (χ1v) is 10.1. The van der Waals surface area contributed by atoms with E-state index in [0.29, 0.717) is 5.96 Å². The Morgan fingerprint density at radius 3 is 1.79 bits per heavy atom. The van der Waals surface area contributed by atoms with Crippen LogP contribution in [-0.4, -0.2) is 18.5 Å². The number of nitriles is 1. The molecule has 0 aliphatic rings. The summed E-state index contributed by atoms with van der Waals surface area (Å²) in [6.07, 6.45) is 16.1. The van der Waals surface area contributed by atoms with Gasteiger partial charge in [-0.15, -0.1) is 0 Å². The van der Waals surface area contributed by atoms with Gasteiger partial charge in [-0.05, 0) is 12.3 Å². The number of unbranched alkanes of at least 4 members (excludes halogenated alkanes) is 11. The molecule has 0 radical (unpaired) electrons. The minimum atomic E-state index is -0.254. The van der Waals surface area contributed by atoms with Crippen molar-refractivity contribution < 1.29 is 0 Å². The van der Waals surface area contributed by atoms with Gasteiger partial charge in [0.1, 0.15) is 6.04 Å². The number of guanidine groups is 1. The zero-order chi connectivity index (χ0) is 18.0. The minimum Gasteiger partial charge on any atom is -0.370 e. The van der Waals surface area contributed by atoms with Gasteiger partial charge in [-0.2, -0.15) is 5.26 Å². The number of hydrogen-bond donors (Lipinski definition) is 2. The second-order valence-corrected chi connectivity index (χ2v) is 7.15. The summed E-state index contributed by atoms with van der Waals surface area (Å²) in [4.78, 5) is 4.31. The molecular formula is C20H40N4. The molecule has 3 N–H and O–H groups in total. The average Bonchev–Trinajstić information content (AvgIpc) is 2.56. The predicted octanol–water partition coefficient (Wildman–Crippen LogP) is 5.14. The molecule has 0 aromatic rings. The summed E-state index contributed by atoms with van der Waals surface area (Å²) in [7, 11) is 0. The van der Waals surface area contributed by atoms with Crippen LogP contribution >= 0.6 is 0 Å². The van der Waals surface area contributed by atoms with Crippen molar-refractivity contribution in [2.45, 2.75) is 104 Å². The zero-order valence-electron chi connectivity index (χ0n) is 16.3. The summed E-state index contributed by atoms with van der Waals surface area (Å²) >= 11 is 0. The second kappa shape index (κ2) is 16.6. The molecule has 0 aliphatic heterocycles. The number of nitrogens with one attached hydrogen (secondary N) is 1. The van der Waals surface area contributed by atoms with E-state index in [-0.39, 0.29) is 12.0 Å². The molecule has 0 rings (SSSR count). The van der Waals surface area contributed by atoms with Gasteiger partial charge in [-0.25, -0.2) is 0 Å². The van der Waals surface area contributed by atoms with E-state index in [0.717, 1.165) is 13.0 Å². The van der Waals surface area contributed by atoms with Gasteiger partial charge in [-0.3, -0.25) is 4.99 Å². The fourth-order valence-corrected chi connectivity index (χ4v) is 2.71. The summed E-state index contributed by atoms with van der Waals surface area (Å²) < 4.78 is 0. The van der Waals surface area contributed by atoms with E-state index >= 15 is 0 Å². The van der Waals surface area contributed by atoms with Crippen LogP contribution in [0.3, 0.4) is 0 Å². The van der Waals surface area contributed by atoms with Gasteiger partial charge in [-0.1, -0.05) is 91.4 Å². The first-order chi connectivity index (χ1) is 11.6. The van der Waals surface area contributed by atoms with E-state index in [1.165, 1.54) is 70.6 Å². The Hall–Kier alpha value is -1.24. The van der Waals surface area contributed by atoms with E-state index in [1.54, 1.807) is 0 Å². The van der Waals surface area contributed by atoms with Crippen molar-refractivity contribution in [1.29, 1.82) is 5.26 Å².